The number of hydrogen-bond acceptors (Lipinski definition) is 2. The molecule has 0 heterocycles. The van der Waals surface area contributed by atoms with Crippen LogP contribution < -0.4 is 10.6 Å². The molecule has 2 aromatic carbocycles. The summed E-state index contributed by atoms with van der Waals surface area (Å²) in [5, 5.41) is 5.56. The van der Waals surface area contributed by atoms with Crippen molar-refractivity contribution in [1.82, 2.24) is 10.6 Å². The Kier molecular flexibility index (Phi) is 6.49. The summed E-state index contributed by atoms with van der Waals surface area (Å²) >= 11 is 0. The van der Waals surface area contributed by atoms with Crippen LogP contribution in [-0.2, 0) is 16.0 Å². The average molecular weight is 328 g/mol. The van der Waals surface area contributed by atoms with Gasteiger partial charge in [-0.05, 0) is 23.6 Å². The van der Waals surface area contributed by atoms with Crippen molar-refractivity contribution in [1.29, 1.82) is 0 Å². The zero-order chi connectivity index (χ0) is 17.4. The molecule has 2 amide bonds. The van der Waals surface area contributed by atoms with Crippen LogP contribution in [0.15, 0.2) is 54.6 Å². The van der Waals surface area contributed by atoms with E-state index in [0.717, 1.165) is 5.56 Å². The third kappa shape index (κ3) is 5.50. The SMILES string of the molecule is CC(=O)N[C@@H](CC(=O)NCCc1ccccc1F)c1ccccc1. The highest BCUT2D eigenvalue weighted by atomic mass is 19.1. The molecule has 0 aliphatic rings. The minimum atomic E-state index is -0.378. The summed E-state index contributed by atoms with van der Waals surface area (Å²) < 4.78 is 13.5. The summed E-state index contributed by atoms with van der Waals surface area (Å²) in [6, 6.07) is 15.5. The van der Waals surface area contributed by atoms with Crippen LogP contribution in [0.3, 0.4) is 0 Å². The molecule has 126 valence electrons. The normalized spacial score (nSPS) is 11.6. The van der Waals surface area contributed by atoms with Gasteiger partial charge in [-0.2, -0.15) is 0 Å². The van der Waals surface area contributed by atoms with Crippen LogP contribution >= 0.6 is 0 Å². The van der Waals surface area contributed by atoms with E-state index in [0.29, 0.717) is 18.5 Å². The maximum Gasteiger partial charge on any atom is 0.222 e. The van der Waals surface area contributed by atoms with Crippen molar-refractivity contribution < 1.29 is 14.0 Å². The van der Waals surface area contributed by atoms with Gasteiger partial charge in [0.25, 0.3) is 0 Å². The van der Waals surface area contributed by atoms with E-state index in [1.807, 2.05) is 30.3 Å². The maximum atomic E-state index is 13.5. The highest BCUT2D eigenvalue weighted by Crippen LogP contribution is 2.16. The summed E-state index contributed by atoms with van der Waals surface area (Å²) in [5.41, 5.74) is 1.44. The molecule has 2 N–H and O–H groups in total. The quantitative estimate of drug-likeness (QED) is 0.821. The van der Waals surface area contributed by atoms with Crippen LogP contribution in [0.1, 0.15) is 30.5 Å². The van der Waals surface area contributed by atoms with Gasteiger partial charge in [0.1, 0.15) is 5.82 Å². The van der Waals surface area contributed by atoms with Gasteiger partial charge in [0.15, 0.2) is 0 Å². The number of nitrogens with one attached hydrogen (secondary N) is 2. The van der Waals surface area contributed by atoms with Crippen LogP contribution in [0.5, 0.6) is 0 Å². The zero-order valence-electron chi connectivity index (χ0n) is 13.6. The highest BCUT2D eigenvalue weighted by molar-refractivity contribution is 5.79. The van der Waals surface area contributed by atoms with Gasteiger partial charge in [-0.3, -0.25) is 9.59 Å². The molecule has 0 aliphatic carbocycles. The lowest BCUT2D eigenvalue weighted by Gasteiger charge is -2.18. The molecule has 2 aromatic rings. The van der Waals surface area contributed by atoms with Crippen LogP contribution in [0.25, 0.3) is 0 Å². The van der Waals surface area contributed by atoms with Gasteiger partial charge in [0, 0.05) is 13.5 Å². The minimum Gasteiger partial charge on any atom is -0.356 e. The van der Waals surface area contributed by atoms with Crippen LogP contribution in [0.4, 0.5) is 4.39 Å². The Morgan fingerprint density at radius 3 is 2.38 bits per heavy atom. The first-order valence-electron chi connectivity index (χ1n) is 7.88. The number of benzene rings is 2. The summed E-state index contributed by atoms with van der Waals surface area (Å²) in [5.74, 6) is -0.649. The van der Waals surface area contributed by atoms with Crippen molar-refractivity contribution in [3.8, 4) is 0 Å². The van der Waals surface area contributed by atoms with E-state index in [2.05, 4.69) is 10.6 Å². The number of rotatable bonds is 7. The molecular formula is C19H21FN2O2. The first kappa shape index (κ1) is 17.7. The lowest BCUT2D eigenvalue weighted by Crippen LogP contribution is -2.33. The van der Waals surface area contributed by atoms with Gasteiger partial charge < -0.3 is 10.6 Å². The molecule has 4 nitrogen and oxygen atoms in total. The largest absolute Gasteiger partial charge is 0.356 e. The number of hydrogen-bond donors (Lipinski definition) is 2. The number of amides is 2. The Hall–Kier alpha value is -2.69. The van der Waals surface area contributed by atoms with E-state index in [1.165, 1.54) is 13.0 Å². The molecule has 0 unspecified atom stereocenters. The average Bonchev–Trinajstić information content (AvgIpc) is 2.56. The van der Waals surface area contributed by atoms with Crippen molar-refractivity contribution in [3.05, 3.63) is 71.5 Å². The summed E-state index contributed by atoms with van der Waals surface area (Å²) in [6.07, 6.45) is 0.565. The fourth-order valence-corrected chi connectivity index (χ4v) is 2.48. The van der Waals surface area contributed by atoms with Crippen LogP contribution in [-0.4, -0.2) is 18.4 Å². The van der Waals surface area contributed by atoms with E-state index >= 15 is 0 Å². The monoisotopic (exact) mass is 328 g/mol. The Balaban J connectivity index is 1.88. The summed E-state index contributed by atoms with van der Waals surface area (Å²) in [7, 11) is 0. The van der Waals surface area contributed by atoms with Gasteiger partial charge in [-0.1, -0.05) is 48.5 Å². The molecular weight excluding hydrogens is 307 g/mol. The number of halogens is 1. The Morgan fingerprint density at radius 2 is 1.71 bits per heavy atom. The second-order valence-electron chi connectivity index (χ2n) is 5.56. The standard InChI is InChI=1S/C19H21FN2O2/c1-14(23)22-18(16-8-3-2-4-9-16)13-19(24)21-12-11-15-7-5-6-10-17(15)20/h2-10,18H,11-13H2,1H3,(H,21,24)(H,22,23)/t18-/m0/s1. The molecule has 0 saturated carbocycles. The van der Waals surface area contributed by atoms with E-state index in [4.69, 9.17) is 0 Å². The third-order valence-electron chi connectivity index (χ3n) is 3.64. The van der Waals surface area contributed by atoms with E-state index < -0.39 is 0 Å². The number of carbonyl (C=O) groups excluding carboxylic acids is 2. The zero-order valence-corrected chi connectivity index (χ0v) is 13.6. The highest BCUT2D eigenvalue weighted by Gasteiger charge is 2.16. The van der Waals surface area contributed by atoms with Gasteiger partial charge in [-0.25, -0.2) is 4.39 Å². The van der Waals surface area contributed by atoms with Gasteiger partial charge in [-0.15, -0.1) is 0 Å². The fourth-order valence-electron chi connectivity index (χ4n) is 2.48. The Labute approximate surface area is 141 Å². The van der Waals surface area contributed by atoms with Crippen molar-refractivity contribution in [2.75, 3.05) is 6.54 Å². The smallest absolute Gasteiger partial charge is 0.222 e. The molecule has 0 spiro atoms. The molecule has 0 radical (unpaired) electrons. The number of carbonyl (C=O) groups is 2. The fraction of sp³-hybridized carbons (Fsp3) is 0.263. The van der Waals surface area contributed by atoms with Crippen LogP contribution in [0, 0.1) is 5.82 Å². The lowest BCUT2D eigenvalue weighted by molar-refractivity contribution is -0.122. The molecule has 0 bridgehead atoms. The molecule has 0 fully saturated rings. The van der Waals surface area contributed by atoms with Crippen molar-refractivity contribution in [2.24, 2.45) is 0 Å². The summed E-state index contributed by atoms with van der Waals surface area (Å²) in [6.45, 7) is 1.77. The first-order valence-corrected chi connectivity index (χ1v) is 7.88. The topological polar surface area (TPSA) is 58.2 Å². The van der Waals surface area contributed by atoms with Crippen molar-refractivity contribution in [2.45, 2.75) is 25.8 Å². The van der Waals surface area contributed by atoms with E-state index in [1.54, 1.807) is 18.2 Å². The molecule has 24 heavy (non-hydrogen) atoms. The van der Waals surface area contributed by atoms with Crippen molar-refractivity contribution in [3.63, 3.8) is 0 Å². The van der Waals surface area contributed by atoms with Gasteiger partial charge in [0.2, 0.25) is 11.8 Å². The van der Waals surface area contributed by atoms with Crippen LogP contribution in [0.2, 0.25) is 0 Å². The lowest BCUT2D eigenvalue weighted by atomic mass is 10.0. The molecule has 5 heteroatoms. The molecule has 1 atom stereocenters. The predicted molar refractivity (Wildman–Crippen MR) is 90.7 cm³/mol. The molecule has 0 aliphatic heterocycles. The molecule has 2 rings (SSSR count). The first-order chi connectivity index (χ1) is 11.6. The third-order valence-corrected chi connectivity index (χ3v) is 3.64. The predicted octanol–water partition coefficient (Wildman–Crippen LogP) is 2.75. The second kappa shape index (κ2) is 8.82. The Bertz CT molecular complexity index is 689. The summed E-state index contributed by atoms with van der Waals surface area (Å²) in [4.78, 5) is 23.5. The Morgan fingerprint density at radius 1 is 1.04 bits per heavy atom. The maximum absolute atomic E-state index is 13.5. The van der Waals surface area contributed by atoms with Gasteiger partial charge in [0.05, 0.1) is 12.5 Å². The molecule has 0 aromatic heterocycles. The van der Waals surface area contributed by atoms with Gasteiger partial charge >= 0.3 is 0 Å². The van der Waals surface area contributed by atoms with Crippen molar-refractivity contribution >= 4 is 11.8 Å². The second-order valence-corrected chi connectivity index (χ2v) is 5.56. The van der Waals surface area contributed by atoms with E-state index in [-0.39, 0.29) is 30.1 Å². The minimum absolute atomic E-state index is 0.140. The molecule has 0 saturated heterocycles. The van der Waals surface area contributed by atoms with E-state index in [9.17, 15) is 14.0 Å².